The third kappa shape index (κ3) is 3.49. The van der Waals surface area contributed by atoms with E-state index in [9.17, 15) is 14.7 Å². The summed E-state index contributed by atoms with van der Waals surface area (Å²) in [5.41, 5.74) is 2.82. The van der Waals surface area contributed by atoms with Crippen molar-refractivity contribution in [3.05, 3.63) is 22.8 Å². The Labute approximate surface area is 206 Å². The van der Waals surface area contributed by atoms with Crippen LogP contribution in [0.3, 0.4) is 0 Å². The van der Waals surface area contributed by atoms with Crippen molar-refractivity contribution >= 4 is 11.8 Å². The maximum Gasteiger partial charge on any atom is 0.330 e. The van der Waals surface area contributed by atoms with Gasteiger partial charge in [0.1, 0.15) is 0 Å². The van der Waals surface area contributed by atoms with Gasteiger partial charge in [0.25, 0.3) is 0 Å². The van der Waals surface area contributed by atoms with Crippen LogP contribution in [0.15, 0.2) is 22.8 Å². The van der Waals surface area contributed by atoms with Crippen LogP contribution in [0.2, 0.25) is 0 Å². The molecular weight excluding hydrogens is 424 g/mol. The van der Waals surface area contributed by atoms with Gasteiger partial charge in [0, 0.05) is 23.0 Å². The Kier molecular flexibility index (Phi) is 6.28. The summed E-state index contributed by atoms with van der Waals surface area (Å²) in [5.74, 6) is 0.774. The highest BCUT2D eigenvalue weighted by molar-refractivity contribution is 5.99. The fourth-order valence-electron chi connectivity index (χ4n) is 9.16. The van der Waals surface area contributed by atoms with E-state index < -0.39 is 5.97 Å². The van der Waals surface area contributed by atoms with Crippen LogP contribution in [-0.2, 0) is 9.59 Å². The molecule has 0 saturated heterocycles. The van der Waals surface area contributed by atoms with Gasteiger partial charge in [0.15, 0.2) is 5.78 Å². The lowest BCUT2D eigenvalue weighted by Crippen LogP contribution is -2.57. The topological polar surface area (TPSA) is 74.6 Å². The smallest absolute Gasteiger partial charge is 0.330 e. The van der Waals surface area contributed by atoms with Crippen LogP contribution in [0.25, 0.3) is 0 Å². The third-order valence-electron chi connectivity index (χ3n) is 11.7. The summed E-state index contributed by atoms with van der Waals surface area (Å²) in [7, 11) is 0. The molecule has 0 unspecified atom stereocenters. The monoisotopic (exact) mass is 470 g/mol. The zero-order chi connectivity index (χ0) is 25.3. The fraction of sp³-hybridized carbons (Fsp3) is 0.800. The zero-order valence-corrected chi connectivity index (χ0v) is 22.5. The van der Waals surface area contributed by atoms with Crippen LogP contribution in [0.1, 0.15) is 106 Å². The number of hydrogen-bond acceptors (Lipinski definition) is 3. The van der Waals surface area contributed by atoms with Crippen molar-refractivity contribution in [2.75, 3.05) is 0 Å². The van der Waals surface area contributed by atoms with Gasteiger partial charge in [-0.3, -0.25) is 4.79 Å². The van der Waals surface area contributed by atoms with Gasteiger partial charge in [-0.15, -0.1) is 0 Å². The molecule has 0 aliphatic heterocycles. The van der Waals surface area contributed by atoms with E-state index in [4.69, 9.17) is 5.11 Å². The standard InChI is InChI=1S/C30H46O4/c1-18(9-8-10-19(2)26(33)34)20-11-16-30(7)25-21(12-15-29(20,30)6)28(5)14-13-24(32)27(3,4)23(28)17-22(25)31/h10,18,20,23-24,32H,8-9,11-17H2,1-7H3,(H,33,34)/b19-10-/t18-,20-,23+,24+,28+,29-,30+/m0/s1. The molecule has 0 aromatic heterocycles. The number of carbonyl (C=O) groups excluding carboxylic acids is 1. The molecule has 0 radical (unpaired) electrons. The van der Waals surface area contributed by atoms with Gasteiger partial charge >= 0.3 is 5.97 Å². The van der Waals surface area contributed by atoms with Gasteiger partial charge in [-0.1, -0.05) is 53.2 Å². The molecule has 2 fully saturated rings. The number of fused-ring (bicyclic) bond motifs is 4. The molecule has 0 aromatic rings. The van der Waals surface area contributed by atoms with Gasteiger partial charge in [-0.05, 0) is 92.3 Å². The Morgan fingerprint density at radius 2 is 1.79 bits per heavy atom. The number of carboxylic acids is 1. The minimum Gasteiger partial charge on any atom is -0.478 e. The lowest BCUT2D eigenvalue weighted by atomic mass is 9.43. The second-order valence-corrected chi connectivity index (χ2v) is 13.5. The Morgan fingerprint density at radius 1 is 1.12 bits per heavy atom. The molecule has 4 aliphatic rings. The second kappa shape index (κ2) is 8.32. The maximum absolute atomic E-state index is 13.9. The molecule has 190 valence electrons. The SMILES string of the molecule is C/C(=C/CC[C@H](C)[C@@H]1CC[C@]2(C)C3=C(CC[C@@]12C)[C@@]1(C)CC[C@@H](O)C(C)(C)[C@H]1CC3=O)C(=O)O. The number of rotatable bonds is 5. The predicted octanol–water partition coefficient (Wildman–Crippen LogP) is 6.72. The number of Topliss-reactive ketones (excluding diaryl/α,β-unsaturated/α-hetero) is 1. The number of aliphatic hydroxyl groups is 1. The lowest BCUT2D eigenvalue weighted by Gasteiger charge is -2.61. The molecule has 34 heavy (non-hydrogen) atoms. The number of allylic oxidation sites excluding steroid dienone is 3. The van der Waals surface area contributed by atoms with Crippen LogP contribution in [0.5, 0.6) is 0 Å². The first-order chi connectivity index (χ1) is 15.7. The van der Waals surface area contributed by atoms with E-state index in [0.29, 0.717) is 29.6 Å². The summed E-state index contributed by atoms with van der Waals surface area (Å²) >= 11 is 0. The quantitative estimate of drug-likeness (QED) is 0.437. The average Bonchev–Trinajstić information content (AvgIpc) is 3.04. The fourth-order valence-corrected chi connectivity index (χ4v) is 9.16. The largest absolute Gasteiger partial charge is 0.478 e. The molecule has 2 saturated carbocycles. The van der Waals surface area contributed by atoms with Crippen molar-refractivity contribution in [1.29, 1.82) is 0 Å². The first-order valence-electron chi connectivity index (χ1n) is 13.6. The number of carbonyl (C=O) groups is 2. The van der Waals surface area contributed by atoms with Crippen molar-refractivity contribution in [2.24, 2.45) is 39.4 Å². The van der Waals surface area contributed by atoms with Crippen molar-refractivity contribution < 1.29 is 19.8 Å². The number of ketones is 1. The molecule has 0 bridgehead atoms. The van der Waals surface area contributed by atoms with E-state index >= 15 is 0 Å². The van der Waals surface area contributed by atoms with Gasteiger partial charge in [-0.2, -0.15) is 0 Å². The van der Waals surface area contributed by atoms with Crippen LogP contribution >= 0.6 is 0 Å². The van der Waals surface area contributed by atoms with Crippen molar-refractivity contribution in [3.63, 3.8) is 0 Å². The van der Waals surface area contributed by atoms with E-state index in [2.05, 4.69) is 41.5 Å². The van der Waals surface area contributed by atoms with E-state index in [1.807, 2.05) is 6.08 Å². The summed E-state index contributed by atoms with van der Waals surface area (Å²) in [4.78, 5) is 25.0. The van der Waals surface area contributed by atoms with Crippen LogP contribution in [-0.4, -0.2) is 28.1 Å². The molecule has 4 aliphatic carbocycles. The molecule has 4 nitrogen and oxygen atoms in total. The molecule has 4 rings (SSSR count). The van der Waals surface area contributed by atoms with Gasteiger partial charge in [0.2, 0.25) is 0 Å². The highest BCUT2D eigenvalue weighted by Gasteiger charge is 2.65. The number of aliphatic hydroxyl groups excluding tert-OH is 1. The molecule has 2 N–H and O–H groups in total. The summed E-state index contributed by atoms with van der Waals surface area (Å²) < 4.78 is 0. The van der Waals surface area contributed by atoms with Crippen LogP contribution in [0, 0.1) is 39.4 Å². The van der Waals surface area contributed by atoms with Crippen LogP contribution < -0.4 is 0 Å². The maximum atomic E-state index is 13.9. The van der Waals surface area contributed by atoms with Gasteiger partial charge < -0.3 is 10.2 Å². The zero-order valence-electron chi connectivity index (χ0n) is 22.5. The van der Waals surface area contributed by atoms with Gasteiger partial charge in [-0.25, -0.2) is 4.79 Å². The van der Waals surface area contributed by atoms with E-state index in [1.54, 1.807) is 6.92 Å². The number of aliphatic carboxylic acids is 1. The van der Waals surface area contributed by atoms with E-state index in [0.717, 1.165) is 51.4 Å². The minimum atomic E-state index is -0.833. The molecular formula is C30H46O4. The Balaban J connectivity index is 1.65. The van der Waals surface area contributed by atoms with Crippen LogP contribution in [0.4, 0.5) is 0 Å². The van der Waals surface area contributed by atoms with Crippen molar-refractivity contribution in [1.82, 2.24) is 0 Å². The highest BCUT2D eigenvalue weighted by atomic mass is 16.4. The average molecular weight is 471 g/mol. The Hall–Kier alpha value is -1.42. The second-order valence-electron chi connectivity index (χ2n) is 13.5. The minimum absolute atomic E-state index is 0.0131. The highest BCUT2D eigenvalue weighted by Crippen LogP contribution is 2.71. The predicted molar refractivity (Wildman–Crippen MR) is 135 cm³/mol. The summed E-state index contributed by atoms with van der Waals surface area (Å²) in [5, 5.41) is 19.9. The van der Waals surface area contributed by atoms with Crippen molar-refractivity contribution in [3.8, 4) is 0 Å². The number of carboxylic acid groups (broad SMARTS) is 1. The normalized spacial score (nSPS) is 42.6. The van der Waals surface area contributed by atoms with Crippen molar-refractivity contribution in [2.45, 2.75) is 112 Å². The lowest BCUT2D eigenvalue weighted by molar-refractivity contribution is -0.134. The molecule has 0 aromatic carbocycles. The van der Waals surface area contributed by atoms with Gasteiger partial charge in [0.05, 0.1) is 6.10 Å². The Morgan fingerprint density at radius 3 is 2.44 bits per heavy atom. The Bertz CT molecular complexity index is 941. The summed E-state index contributed by atoms with van der Waals surface area (Å²) in [6.07, 6.45) is 10.0. The number of hydrogen-bond donors (Lipinski definition) is 2. The van der Waals surface area contributed by atoms with E-state index in [-0.39, 0.29) is 33.7 Å². The molecule has 4 heteroatoms. The molecule has 7 atom stereocenters. The summed E-state index contributed by atoms with van der Waals surface area (Å²) in [6, 6.07) is 0. The first-order valence-corrected chi connectivity index (χ1v) is 13.6. The molecule has 0 amide bonds. The molecule has 0 spiro atoms. The summed E-state index contributed by atoms with van der Waals surface area (Å²) in [6.45, 7) is 15.6. The molecule has 0 heterocycles. The third-order valence-corrected chi connectivity index (χ3v) is 11.7. The van der Waals surface area contributed by atoms with E-state index in [1.165, 1.54) is 11.1 Å². The first kappa shape index (κ1) is 25.7.